The second-order valence-electron chi connectivity index (χ2n) is 5.14. The monoisotopic (exact) mass is 280 g/mol. The van der Waals surface area contributed by atoms with Crippen LogP contribution < -0.4 is 5.32 Å². The molecule has 0 saturated carbocycles. The molecule has 4 heteroatoms. The van der Waals surface area contributed by atoms with Gasteiger partial charge >= 0.3 is 0 Å². The molecule has 0 radical (unpaired) electrons. The number of aryl methyl sites for hydroxylation is 2. The molecule has 106 valence electrons. The van der Waals surface area contributed by atoms with E-state index >= 15 is 0 Å². The number of hydrogen-bond donors (Lipinski definition) is 3. The molecule has 3 N–H and O–H groups in total. The molecule has 0 bridgehead atoms. The van der Waals surface area contributed by atoms with E-state index in [4.69, 9.17) is 0 Å². The fourth-order valence-electron chi connectivity index (χ4n) is 2.35. The van der Waals surface area contributed by atoms with Crippen LogP contribution in [0.25, 0.3) is 10.9 Å². The number of amides is 1. The fraction of sp³-hybridized carbons (Fsp3) is 0.118. The molecular formula is C17H16N2O2. The minimum absolute atomic E-state index is 0.166. The van der Waals surface area contributed by atoms with Crippen LogP contribution in [0.15, 0.2) is 42.5 Å². The second-order valence-corrected chi connectivity index (χ2v) is 5.14. The summed E-state index contributed by atoms with van der Waals surface area (Å²) in [6.07, 6.45) is 0. The molecule has 0 unspecified atom stereocenters. The summed E-state index contributed by atoms with van der Waals surface area (Å²) in [6, 6.07) is 12.0. The van der Waals surface area contributed by atoms with E-state index < -0.39 is 0 Å². The quantitative estimate of drug-likeness (QED) is 0.626. The number of anilines is 1. The number of rotatable bonds is 2. The van der Waals surface area contributed by atoms with Gasteiger partial charge in [-0.25, -0.2) is 0 Å². The lowest BCUT2D eigenvalue weighted by atomic mass is 10.1. The average molecular weight is 280 g/mol. The predicted molar refractivity (Wildman–Crippen MR) is 83.8 cm³/mol. The topological polar surface area (TPSA) is 65.1 Å². The van der Waals surface area contributed by atoms with Crippen molar-refractivity contribution in [3.63, 3.8) is 0 Å². The maximum atomic E-state index is 12.3. The van der Waals surface area contributed by atoms with E-state index in [2.05, 4.69) is 10.3 Å². The van der Waals surface area contributed by atoms with Crippen molar-refractivity contribution >= 4 is 22.5 Å². The molecule has 4 nitrogen and oxygen atoms in total. The Morgan fingerprint density at radius 1 is 1.10 bits per heavy atom. The minimum atomic E-state index is -0.166. The van der Waals surface area contributed by atoms with Crippen molar-refractivity contribution in [2.45, 2.75) is 13.8 Å². The van der Waals surface area contributed by atoms with Crippen LogP contribution in [0.3, 0.4) is 0 Å². The van der Waals surface area contributed by atoms with Gasteiger partial charge in [-0.15, -0.1) is 0 Å². The number of phenolic OH excluding ortho intramolecular Hbond substituents is 1. The first-order valence-electron chi connectivity index (χ1n) is 6.74. The summed E-state index contributed by atoms with van der Waals surface area (Å²) in [7, 11) is 0. The van der Waals surface area contributed by atoms with Crippen molar-refractivity contribution in [2.24, 2.45) is 0 Å². The highest BCUT2D eigenvalue weighted by atomic mass is 16.3. The lowest BCUT2D eigenvalue weighted by Crippen LogP contribution is -2.11. The van der Waals surface area contributed by atoms with Gasteiger partial charge in [0.1, 0.15) is 5.75 Å². The van der Waals surface area contributed by atoms with Crippen molar-refractivity contribution in [3.05, 3.63) is 59.3 Å². The molecule has 3 rings (SSSR count). The van der Waals surface area contributed by atoms with E-state index in [0.717, 1.165) is 22.2 Å². The lowest BCUT2D eigenvalue weighted by Gasteiger charge is -2.05. The zero-order valence-corrected chi connectivity index (χ0v) is 11.9. The van der Waals surface area contributed by atoms with E-state index in [0.29, 0.717) is 11.3 Å². The first-order chi connectivity index (χ1) is 10.0. The Morgan fingerprint density at radius 3 is 2.52 bits per heavy atom. The van der Waals surface area contributed by atoms with Gasteiger partial charge in [0.2, 0.25) is 0 Å². The number of nitrogens with one attached hydrogen (secondary N) is 2. The Balaban J connectivity index is 1.90. The normalized spacial score (nSPS) is 10.8. The molecule has 2 aromatic carbocycles. The summed E-state index contributed by atoms with van der Waals surface area (Å²) in [6.45, 7) is 4.06. The van der Waals surface area contributed by atoms with Crippen LogP contribution in [0.2, 0.25) is 0 Å². The highest BCUT2D eigenvalue weighted by Gasteiger charge is 2.10. The van der Waals surface area contributed by atoms with E-state index in [1.54, 1.807) is 30.3 Å². The number of phenols is 1. The van der Waals surface area contributed by atoms with Crippen molar-refractivity contribution in [1.29, 1.82) is 0 Å². The van der Waals surface area contributed by atoms with Crippen LogP contribution in [-0.2, 0) is 0 Å². The molecule has 21 heavy (non-hydrogen) atoms. The molecule has 0 aliphatic rings. The third kappa shape index (κ3) is 2.48. The standard InChI is InChI=1S/C17H16N2O2/c1-10-11(2)18-16-8-3-12(9-15(10)16)17(21)19-13-4-6-14(20)7-5-13/h3-9,18,20H,1-2H3,(H,19,21). The first kappa shape index (κ1) is 13.2. The number of aromatic amines is 1. The molecular weight excluding hydrogens is 264 g/mol. The molecule has 1 aromatic heterocycles. The smallest absolute Gasteiger partial charge is 0.255 e. The maximum absolute atomic E-state index is 12.3. The molecule has 0 saturated heterocycles. The zero-order chi connectivity index (χ0) is 15.0. The van der Waals surface area contributed by atoms with Crippen molar-refractivity contribution < 1.29 is 9.90 Å². The van der Waals surface area contributed by atoms with Gasteiger partial charge in [0.05, 0.1) is 0 Å². The molecule has 1 amide bonds. The number of aromatic hydroxyl groups is 1. The maximum Gasteiger partial charge on any atom is 0.255 e. The fourth-order valence-corrected chi connectivity index (χ4v) is 2.35. The van der Waals surface area contributed by atoms with Crippen LogP contribution in [0, 0.1) is 13.8 Å². The van der Waals surface area contributed by atoms with Crippen LogP contribution in [0.1, 0.15) is 21.6 Å². The van der Waals surface area contributed by atoms with Gasteiger partial charge in [-0.1, -0.05) is 0 Å². The minimum Gasteiger partial charge on any atom is -0.508 e. The summed E-state index contributed by atoms with van der Waals surface area (Å²) in [5.41, 5.74) is 4.56. The third-order valence-corrected chi connectivity index (χ3v) is 3.70. The van der Waals surface area contributed by atoms with Crippen LogP contribution in [-0.4, -0.2) is 16.0 Å². The molecule has 0 fully saturated rings. The van der Waals surface area contributed by atoms with Gasteiger partial charge in [0, 0.05) is 27.8 Å². The van der Waals surface area contributed by atoms with Crippen molar-refractivity contribution in [2.75, 3.05) is 5.32 Å². The molecule has 1 heterocycles. The third-order valence-electron chi connectivity index (χ3n) is 3.70. The van der Waals surface area contributed by atoms with Gasteiger partial charge in [0.25, 0.3) is 5.91 Å². The Labute approximate surface area is 122 Å². The number of benzene rings is 2. The highest BCUT2D eigenvalue weighted by Crippen LogP contribution is 2.23. The second kappa shape index (κ2) is 4.98. The summed E-state index contributed by atoms with van der Waals surface area (Å²) in [5.74, 6) is 0.00804. The largest absolute Gasteiger partial charge is 0.508 e. The van der Waals surface area contributed by atoms with Gasteiger partial charge in [0.15, 0.2) is 0 Å². The average Bonchev–Trinajstić information content (AvgIpc) is 2.76. The Hall–Kier alpha value is -2.75. The summed E-state index contributed by atoms with van der Waals surface area (Å²) in [4.78, 5) is 15.6. The summed E-state index contributed by atoms with van der Waals surface area (Å²) in [5, 5.41) is 13.1. The number of carbonyl (C=O) groups excluding carboxylic acids is 1. The molecule has 0 atom stereocenters. The van der Waals surface area contributed by atoms with Crippen LogP contribution >= 0.6 is 0 Å². The van der Waals surface area contributed by atoms with Crippen molar-refractivity contribution in [1.82, 2.24) is 4.98 Å². The van der Waals surface area contributed by atoms with E-state index in [-0.39, 0.29) is 11.7 Å². The molecule has 0 aliphatic carbocycles. The first-order valence-corrected chi connectivity index (χ1v) is 6.74. The number of H-pyrrole nitrogens is 1. The highest BCUT2D eigenvalue weighted by molar-refractivity contribution is 6.06. The number of aromatic nitrogens is 1. The van der Waals surface area contributed by atoms with Gasteiger partial charge < -0.3 is 15.4 Å². The van der Waals surface area contributed by atoms with E-state index in [1.165, 1.54) is 0 Å². The summed E-state index contributed by atoms with van der Waals surface area (Å²) < 4.78 is 0. The summed E-state index contributed by atoms with van der Waals surface area (Å²) >= 11 is 0. The van der Waals surface area contributed by atoms with Crippen LogP contribution in [0.4, 0.5) is 5.69 Å². The SMILES string of the molecule is Cc1[nH]c2ccc(C(=O)Nc3ccc(O)cc3)cc2c1C. The molecule has 0 spiro atoms. The lowest BCUT2D eigenvalue weighted by molar-refractivity contribution is 0.102. The van der Waals surface area contributed by atoms with Crippen molar-refractivity contribution in [3.8, 4) is 5.75 Å². The molecule has 0 aliphatic heterocycles. The Bertz CT molecular complexity index is 817. The van der Waals surface area contributed by atoms with Gasteiger partial charge in [-0.05, 0) is 61.9 Å². The molecule has 3 aromatic rings. The van der Waals surface area contributed by atoms with Gasteiger partial charge in [-0.3, -0.25) is 4.79 Å². The number of hydrogen-bond acceptors (Lipinski definition) is 2. The number of carbonyl (C=O) groups is 1. The van der Waals surface area contributed by atoms with Gasteiger partial charge in [-0.2, -0.15) is 0 Å². The van der Waals surface area contributed by atoms with E-state index in [1.807, 2.05) is 26.0 Å². The number of fused-ring (bicyclic) bond motifs is 1. The zero-order valence-electron chi connectivity index (χ0n) is 11.9. The van der Waals surface area contributed by atoms with E-state index in [9.17, 15) is 9.90 Å². The Morgan fingerprint density at radius 2 is 1.81 bits per heavy atom. The predicted octanol–water partition coefficient (Wildman–Crippen LogP) is 3.74. The van der Waals surface area contributed by atoms with Crippen LogP contribution in [0.5, 0.6) is 5.75 Å². The Kier molecular flexibility index (Phi) is 3.14.